The quantitative estimate of drug-likeness (QED) is 0.847. The van der Waals surface area contributed by atoms with Gasteiger partial charge in [0.25, 0.3) is 0 Å². The van der Waals surface area contributed by atoms with E-state index in [1.54, 1.807) is 0 Å². The van der Waals surface area contributed by atoms with Gasteiger partial charge in [-0.1, -0.05) is 30.0 Å². The van der Waals surface area contributed by atoms with Crippen LogP contribution >= 0.6 is 11.8 Å². The molecule has 1 aromatic rings. The average molecular weight is 305 g/mol. The van der Waals surface area contributed by atoms with Crippen molar-refractivity contribution in [3.8, 4) is 0 Å². The fraction of sp³-hybridized carbons (Fsp3) is 0.467. The first-order valence-corrected chi connectivity index (χ1v) is 8.18. The number of carbonyl (C=O) groups excluding carboxylic acids is 1. The highest BCUT2D eigenvalue weighted by atomic mass is 32.2. The van der Waals surface area contributed by atoms with E-state index in [0.717, 1.165) is 43.7 Å². The van der Waals surface area contributed by atoms with Gasteiger partial charge in [-0.05, 0) is 12.1 Å². The highest BCUT2D eigenvalue weighted by molar-refractivity contribution is 8.15. The Kier molecular flexibility index (Phi) is 4.90. The second kappa shape index (κ2) is 7.06. The van der Waals surface area contributed by atoms with Crippen molar-refractivity contribution in [3.05, 3.63) is 30.3 Å². The zero-order valence-corrected chi connectivity index (χ0v) is 12.7. The number of rotatable bonds is 4. The average Bonchev–Trinajstić information content (AvgIpc) is 2.87. The second-order valence-electron chi connectivity index (χ2n) is 5.02. The van der Waals surface area contributed by atoms with Gasteiger partial charge in [0.05, 0.1) is 24.7 Å². The molecule has 0 aliphatic carbocycles. The number of morpholine rings is 1. The Morgan fingerprint density at radius 3 is 2.67 bits per heavy atom. The maximum absolute atomic E-state index is 12.0. The van der Waals surface area contributed by atoms with Crippen LogP contribution in [0.4, 0.5) is 5.69 Å². The highest BCUT2D eigenvalue weighted by Gasteiger charge is 2.28. The Hall–Kier alpha value is -1.37. The molecule has 0 radical (unpaired) electrons. The molecule has 0 spiro atoms. The first kappa shape index (κ1) is 14.6. The molecule has 0 saturated carbocycles. The van der Waals surface area contributed by atoms with E-state index in [1.165, 1.54) is 11.8 Å². The van der Waals surface area contributed by atoms with Crippen molar-refractivity contribution in [2.75, 3.05) is 45.1 Å². The summed E-state index contributed by atoms with van der Waals surface area (Å²) >= 11 is 1.52. The Morgan fingerprint density at radius 1 is 1.14 bits per heavy atom. The van der Waals surface area contributed by atoms with Crippen LogP contribution in [0.2, 0.25) is 0 Å². The number of benzene rings is 1. The van der Waals surface area contributed by atoms with Crippen molar-refractivity contribution >= 4 is 28.5 Å². The van der Waals surface area contributed by atoms with Gasteiger partial charge in [0.2, 0.25) is 5.91 Å². The Labute approximate surface area is 129 Å². The number of para-hydroxylation sites is 1. The number of carbonyl (C=O) groups is 1. The van der Waals surface area contributed by atoms with Crippen molar-refractivity contribution in [1.82, 2.24) is 9.80 Å². The monoisotopic (exact) mass is 305 g/mol. The van der Waals surface area contributed by atoms with Crippen molar-refractivity contribution in [3.63, 3.8) is 0 Å². The number of hydrogen-bond donors (Lipinski definition) is 0. The number of nitrogens with zero attached hydrogens (tertiary/aromatic N) is 3. The first-order chi connectivity index (χ1) is 10.3. The minimum atomic E-state index is 0.156. The predicted molar refractivity (Wildman–Crippen MR) is 85.0 cm³/mol. The lowest BCUT2D eigenvalue weighted by Crippen LogP contribution is -2.42. The lowest BCUT2D eigenvalue weighted by molar-refractivity contribution is -0.124. The van der Waals surface area contributed by atoms with Gasteiger partial charge in [0.15, 0.2) is 5.17 Å². The summed E-state index contributed by atoms with van der Waals surface area (Å²) in [5.74, 6) is 0.650. The van der Waals surface area contributed by atoms with E-state index in [9.17, 15) is 4.79 Å². The third kappa shape index (κ3) is 3.84. The fourth-order valence-corrected chi connectivity index (χ4v) is 3.31. The second-order valence-corrected chi connectivity index (χ2v) is 5.96. The first-order valence-electron chi connectivity index (χ1n) is 7.20. The van der Waals surface area contributed by atoms with Crippen molar-refractivity contribution in [2.24, 2.45) is 4.99 Å². The molecule has 6 heteroatoms. The summed E-state index contributed by atoms with van der Waals surface area (Å²) < 4.78 is 5.34. The summed E-state index contributed by atoms with van der Waals surface area (Å²) in [6.07, 6.45) is 0. The summed E-state index contributed by atoms with van der Waals surface area (Å²) in [6.45, 7) is 5.04. The molecule has 2 saturated heterocycles. The number of amidine groups is 1. The van der Waals surface area contributed by atoms with Crippen molar-refractivity contribution in [2.45, 2.75) is 0 Å². The van der Waals surface area contributed by atoms with Crippen molar-refractivity contribution in [1.29, 1.82) is 0 Å². The van der Waals surface area contributed by atoms with Gasteiger partial charge in [-0.15, -0.1) is 0 Å². The van der Waals surface area contributed by atoms with Crippen LogP contribution in [0.15, 0.2) is 35.3 Å². The summed E-state index contributed by atoms with van der Waals surface area (Å²) in [7, 11) is 0. The van der Waals surface area contributed by atoms with E-state index in [0.29, 0.717) is 12.3 Å². The number of aliphatic imine (C=N–C) groups is 1. The number of hydrogen-bond acceptors (Lipinski definition) is 5. The van der Waals surface area contributed by atoms with Gasteiger partial charge in [-0.25, -0.2) is 4.99 Å². The van der Waals surface area contributed by atoms with Crippen LogP contribution < -0.4 is 0 Å². The number of amides is 1. The van der Waals surface area contributed by atoms with Crippen LogP contribution in [-0.4, -0.2) is 66.0 Å². The van der Waals surface area contributed by atoms with Crippen LogP contribution in [0.5, 0.6) is 0 Å². The molecule has 2 aliphatic heterocycles. The normalized spacial score (nSPS) is 22.2. The van der Waals surface area contributed by atoms with Gasteiger partial charge in [0.1, 0.15) is 0 Å². The molecular weight excluding hydrogens is 286 g/mol. The van der Waals surface area contributed by atoms with Gasteiger partial charge >= 0.3 is 0 Å². The Morgan fingerprint density at radius 2 is 1.90 bits per heavy atom. The van der Waals surface area contributed by atoms with Gasteiger partial charge in [0, 0.05) is 26.2 Å². The molecule has 21 heavy (non-hydrogen) atoms. The molecule has 1 amide bonds. The van der Waals surface area contributed by atoms with Crippen LogP contribution in [0, 0.1) is 0 Å². The zero-order valence-electron chi connectivity index (χ0n) is 11.9. The van der Waals surface area contributed by atoms with E-state index in [1.807, 2.05) is 35.2 Å². The SMILES string of the molecule is O=C1CSC(=Nc2ccccc2)N1CCN1CCOCC1. The predicted octanol–water partition coefficient (Wildman–Crippen LogP) is 1.58. The Balaban J connectivity index is 1.63. The lowest BCUT2D eigenvalue weighted by Gasteiger charge is -2.28. The molecule has 2 heterocycles. The molecule has 112 valence electrons. The lowest BCUT2D eigenvalue weighted by atomic mass is 10.3. The van der Waals surface area contributed by atoms with E-state index >= 15 is 0 Å². The van der Waals surface area contributed by atoms with Crippen LogP contribution in [0.3, 0.4) is 0 Å². The molecule has 5 nitrogen and oxygen atoms in total. The third-order valence-corrected chi connectivity index (χ3v) is 4.54. The van der Waals surface area contributed by atoms with E-state index in [-0.39, 0.29) is 5.91 Å². The molecule has 0 atom stereocenters. The highest BCUT2D eigenvalue weighted by Crippen LogP contribution is 2.23. The molecule has 0 unspecified atom stereocenters. The van der Waals surface area contributed by atoms with E-state index in [4.69, 9.17) is 4.74 Å². The van der Waals surface area contributed by atoms with Gasteiger partial charge in [-0.2, -0.15) is 0 Å². The maximum Gasteiger partial charge on any atom is 0.239 e. The standard InChI is InChI=1S/C15H19N3O2S/c19-14-12-21-15(16-13-4-2-1-3-5-13)18(14)7-6-17-8-10-20-11-9-17/h1-5H,6-12H2. The minimum absolute atomic E-state index is 0.156. The summed E-state index contributed by atoms with van der Waals surface area (Å²) in [5.41, 5.74) is 0.895. The van der Waals surface area contributed by atoms with E-state index < -0.39 is 0 Å². The fourth-order valence-electron chi connectivity index (χ4n) is 2.38. The van der Waals surface area contributed by atoms with Gasteiger partial charge < -0.3 is 4.74 Å². The van der Waals surface area contributed by atoms with Crippen LogP contribution in [0.1, 0.15) is 0 Å². The molecule has 0 N–H and O–H groups in total. The van der Waals surface area contributed by atoms with Gasteiger partial charge in [-0.3, -0.25) is 14.6 Å². The molecule has 2 fully saturated rings. The van der Waals surface area contributed by atoms with E-state index in [2.05, 4.69) is 9.89 Å². The molecule has 0 bridgehead atoms. The molecule has 2 aliphatic rings. The Bertz CT molecular complexity index is 515. The largest absolute Gasteiger partial charge is 0.379 e. The molecule has 1 aromatic carbocycles. The number of ether oxygens (including phenoxy) is 1. The smallest absolute Gasteiger partial charge is 0.239 e. The number of thioether (sulfide) groups is 1. The minimum Gasteiger partial charge on any atom is -0.379 e. The maximum atomic E-state index is 12.0. The molecular formula is C15H19N3O2S. The summed E-state index contributed by atoms with van der Waals surface area (Å²) in [5, 5.41) is 0.819. The molecule has 0 aromatic heterocycles. The molecule has 3 rings (SSSR count). The summed E-state index contributed by atoms with van der Waals surface area (Å²) in [4.78, 5) is 20.8. The third-order valence-electron chi connectivity index (χ3n) is 3.58. The zero-order chi connectivity index (χ0) is 14.5. The van der Waals surface area contributed by atoms with Crippen LogP contribution in [-0.2, 0) is 9.53 Å². The van der Waals surface area contributed by atoms with Crippen LogP contribution in [0.25, 0.3) is 0 Å². The topological polar surface area (TPSA) is 45.1 Å². The summed E-state index contributed by atoms with van der Waals surface area (Å²) in [6, 6.07) is 9.79. The van der Waals surface area contributed by atoms with Crippen molar-refractivity contribution < 1.29 is 9.53 Å².